The lowest BCUT2D eigenvalue weighted by Crippen LogP contribution is -2.26. The zero-order chi connectivity index (χ0) is 12.1. The van der Waals surface area contributed by atoms with Crippen LogP contribution in [-0.2, 0) is 6.42 Å². The number of halogens is 1. The number of aromatic nitrogens is 1. The van der Waals surface area contributed by atoms with Gasteiger partial charge < -0.3 is 5.73 Å². The topological polar surface area (TPSA) is 38.9 Å². The standard InChI is InChI=1S/C13H19ClN2S/c14-13-8-16-6-5-10(13)7-11(15)9-17-12-3-1-2-4-12/h5-6,8,11-12H,1-4,7,9,15H2. The lowest BCUT2D eigenvalue weighted by Gasteiger charge is -2.15. The van der Waals surface area contributed by atoms with Gasteiger partial charge in [0.05, 0.1) is 5.02 Å². The summed E-state index contributed by atoms with van der Waals surface area (Å²) in [4.78, 5) is 3.98. The minimum atomic E-state index is 0.195. The predicted molar refractivity (Wildman–Crippen MR) is 75.6 cm³/mol. The summed E-state index contributed by atoms with van der Waals surface area (Å²) < 4.78 is 0. The molecule has 0 saturated heterocycles. The first-order chi connectivity index (χ1) is 8.25. The molecule has 1 atom stereocenters. The molecule has 0 aliphatic heterocycles. The van der Waals surface area contributed by atoms with Crippen molar-refractivity contribution >= 4 is 23.4 Å². The fourth-order valence-electron chi connectivity index (χ4n) is 2.23. The van der Waals surface area contributed by atoms with Gasteiger partial charge >= 0.3 is 0 Å². The second-order valence-corrected chi connectivity index (χ2v) is 6.41. The third-order valence-electron chi connectivity index (χ3n) is 3.19. The minimum Gasteiger partial charge on any atom is -0.327 e. The molecule has 2 rings (SSSR count). The Balaban J connectivity index is 1.76. The molecule has 1 saturated carbocycles. The Morgan fingerprint density at radius 1 is 1.47 bits per heavy atom. The predicted octanol–water partition coefficient (Wildman–Crippen LogP) is 3.28. The summed E-state index contributed by atoms with van der Waals surface area (Å²) in [5.74, 6) is 1.03. The second kappa shape index (κ2) is 6.62. The molecule has 1 aliphatic rings. The molecule has 4 heteroatoms. The molecule has 1 aliphatic carbocycles. The van der Waals surface area contributed by atoms with Crippen molar-refractivity contribution in [2.24, 2.45) is 5.73 Å². The van der Waals surface area contributed by atoms with Gasteiger partial charge in [-0.2, -0.15) is 11.8 Å². The van der Waals surface area contributed by atoms with Crippen LogP contribution in [0.15, 0.2) is 18.5 Å². The average Bonchev–Trinajstić information content (AvgIpc) is 2.82. The van der Waals surface area contributed by atoms with Crippen LogP contribution in [0.5, 0.6) is 0 Å². The van der Waals surface area contributed by atoms with Gasteiger partial charge in [-0.15, -0.1) is 0 Å². The van der Waals surface area contributed by atoms with E-state index in [1.165, 1.54) is 25.7 Å². The van der Waals surface area contributed by atoms with Crippen LogP contribution in [-0.4, -0.2) is 22.0 Å². The van der Waals surface area contributed by atoms with Crippen molar-refractivity contribution in [1.82, 2.24) is 4.98 Å². The maximum atomic E-state index is 6.15. The molecular formula is C13H19ClN2S. The Bertz CT molecular complexity index is 353. The average molecular weight is 271 g/mol. The molecule has 1 aromatic heterocycles. The third-order valence-corrected chi connectivity index (χ3v) is 5.09. The summed E-state index contributed by atoms with van der Waals surface area (Å²) in [6.45, 7) is 0. The molecule has 2 nitrogen and oxygen atoms in total. The van der Waals surface area contributed by atoms with Gasteiger partial charge in [0.15, 0.2) is 0 Å². The SMILES string of the molecule is NC(CSC1CCCC1)Cc1ccncc1Cl. The minimum absolute atomic E-state index is 0.195. The highest BCUT2D eigenvalue weighted by atomic mass is 35.5. The highest BCUT2D eigenvalue weighted by Gasteiger charge is 2.17. The fourth-order valence-corrected chi connectivity index (χ4v) is 3.73. The normalized spacial score (nSPS) is 18.5. The van der Waals surface area contributed by atoms with Gasteiger partial charge in [0.2, 0.25) is 0 Å². The van der Waals surface area contributed by atoms with E-state index in [-0.39, 0.29) is 6.04 Å². The van der Waals surface area contributed by atoms with Gasteiger partial charge in [-0.3, -0.25) is 4.98 Å². The molecular weight excluding hydrogens is 252 g/mol. The first-order valence-electron chi connectivity index (χ1n) is 6.21. The summed E-state index contributed by atoms with van der Waals surface area (Å²) in [6.07, 6.45) is 9.83. The van der Waals surface area contributed by atoms with E-state index in [9.17, 15) is 0 Å². The van der Waals surface area contributed by atoms with E-state index in [2.05, 4.69) is 4.98 Å². The van der Waals surface area contributed by atoms with Crippen LogP contribution in [0.25, 0.3) is 0 Å². The Morgan fingerprint density at radius 2 is 2.24 bits per heavy atom. The van der Waals surface area contributed by atoms with Gasteiger partial charge in [-0.05, 0) is 30.9 Å². The zero-order valence-electron chi connectivity index (χ0n) is 9.94. The fraction of sp³-hybridized carbons (Fsp3) is 0.615. The van der Waals surface area contributed by atoms with Crippen LogP contribution < -0.4 is 5.73 Å². The largest absolute Gasteiger partial charge is 0.327 e. The van der Waals surface area contributed by atoms with Crippen LogP contribution in [0, 0.1) is 0 Å². The van der Waals surface area contributed by atoms with Gasteiger partial charge in [-0.25, -0.2) is 0 Å². The zero-order valence-corrected chi connectivity index (χ0v) is 11.5. The molecule has 0 radical (unpaired) electrons. The molecule has 17 heavy (non-hydrogen) atoms. The van der Waals surface area contributed by atoms with Crippen LogP contribution in [0.1, 0.15) is 31.2 Å². The number of hydrogen-bond donors (Lipinski definition) is 1. The van der Waals surface area contributed by atoms with Crippen LogP contribution >= 0.6 is 23.4 Å². The summed E-state index contributed by atoms with van der Waals surface area (Å²) in [5, 5.41) is 1.57. The van der Waals surface area contributed by atoms with Gasteiger partial charge in [0, 0.05) is 29.4 Å². The first-order valence-corrected chi connectivity index (χ1v) is 7.64. The van der Waals surface area contributed by atoms with E-state index in [0.717, 1.165) is 28.0 Å². The number of thioether (sulfide) groups is 1. The van der Waals surface area contributed by atoms with Gasteiger partial charge in [0.25, 0.3) is 0 Å². The van der Waals surface area contributed by atoms with Crippen molar-refractivity contribution in [2.45, 2.75) is 43.4 Å². The van der Waals surface area contributed by atoms with E-state index < -0.39 is 0 Å². The van der Waals surface area contributed by atoms with E-state index >= 15 is 0 Å². The number of nitrogens with zero attached hydrogens (tertiary/aromatic N) is 1. The molecule has 1 fully saturated rings. The second-order valence-electron chi connectivity index (χ2n) is 4.67. The smallest absolute Gasteiger partial charge is 0.0621 e. The lowest BCUT2D eigenvalue weighted by molar-refractivity contribution is 0.744. The highest BCUT2D eigenvalue weighted by Crippen LogP contribution is 2.30. The van der Waals surface area contributed by atoms with Crippen molar-refractivity contribution in [1.29, 1.82) is 0 Å². The van der Waals surface area contributed by atoms with Crippen molar-refractivity contribution < 1.29 is 0 Å². The highest BCUT2D eigenvalue weighted by molar-refractivity contribution is 7.99. The molecule has 94 valence electrons. The molecule has 0 amide bonds. The van der Waals surface area contributed by atoms with Crippen molar-refractivity contribution in [2.75, 3.05) is 5.75 Å². The molecule has 1 aromatic rings. The quantitative estimate of drug-likeness (QED) is 0.892. The molecule has 2 N–H and O–H groups in total. The summed E-state index contributed by atoms with van der Waals surface area (Å²) in [5.41, 5.74) is 7.27. The third kappa shape index (κ3) is 4.16. The number of nitrogens with two attached hydrogens (primary N) is 1. The Hall–Kier alpha value is -0.250. The number of hydrogen-bond acceptors (Lipinski definition) is 3. The monoisotopic (exact) mass is 270 g/mol. The van der Waals surface area contributed by atoms with Crippen LogP contribution in [0.2, 0.25) is 5.02 Å². The molecule has 0 bridgehead atoms. The van der Waals surface area contributed by atoms with E-state index in [0.29, 0.717) is 0 Å². The van der Waals surface area contributed by atoms with E-state index in [4.69, 9.17) is 17.3 Å². The molecule has 0 aromatic carbocycles. The Morgan fingerprint density at radius 3 is 2.94 bits per heavy atom. The first kappa shape index (κ1) is 13.2. The molecule has 0 spiro atoms. The van der Waals surface area contributed by atoms with Crippen LogP contribution in [0.4, 0.5) is 0 Å². The van der Waals surface area contributed by atoms with E-state index in [1.54, 1.807) is 12.4 Å². The summed E-state index contributed by atoms with van der Waals surface area (Å²) >= 11 is 8.10. The van der Waals surface area contributed by atoms with E-state index in [1.807, 2.05) is 17.8 Å². The summed E-state index contributed by atoms with van der Waals surface area (Å²) in [6, 6.07) is 2.16. The maximum Gasteiger partial charge on any atom is 0.0621 e. The van der Waals surface area contributed by atoms with Crippen molar-refractivity contribution in [3.63, 3.8) is 0 Å². The molecule has 1 heterocycles. The summed E-state index contributed by atoms with van der Waals surface area (Å²) in [7, 11) is 0. The van der Waals surface area contributed by atoms with Gasteiger partial charge in [-0.1, -0.05) is 24.4 Å². The van der Waals surface area contributed by atoms with Crippen molar-refractivity contribution in [3.8, 4) is 0 Å². The Kier molecular flexibility index (Phi) is 5.14. The number of pyridine rings is 1. The van der Waals surface area contributed by atoms with Crippen molar-refractivity contribution in [3.05, 3.63) is 29.0 Å². The number of rotatable bonds is 5. The van der Waals surface area contributed by atoms with Gasteiger partial charge in [0.1, 0.15) is 0 Å². The molecule has 1 unspecified atom stereocenters. The Labute approximate surface area is 112 Å². The van der Waals surface area contributed by atoms with Crippen LogP contribution in [0.3, 0.4) is 0 Å². The maximum absolute atomic E-state index is 6.15. The lowest BCUT2D eigenvalue weighted by atomic mass is 10.1.